The zero-order valence-electron chi connectivity index (χ0n) is 7.17. The fraction of sp³-hybridized carbons (Fsp3) is 0. The summed E-state index contributed by atoms with van der Waals surface area (Å²) in [6, 6.07) is 1.64. The fourth-order valence-corrected chi connectivity index (χ4v) is 3.29. The van der Waals surface area contributed by atoms with Gasteiger partial charge in [-0.3, -0.25) is 0 Å². The Kier molecular flexibility index (Phi) is 4.36. The van der Waals surface area contributed by atoms with E-state index >= 15 is 0 Å². The van der Waals surface area contributed by atoms with Crippen molar-refractivity contribution >= 4 is 59.8 Å². The molecule has 0 amide bonds. The zero-order valence-corrected chi connectivity index (χ0v) is 11.9. The molecule has 3 nitrogen and oxygen atoms in total. The zero-order chi connectivity index (χ0) is 11.6. The molecule has 0 unspecified atom stereocenters. The first kappa shape index (κ1) is 12.7. The van der Waals surface area contributed by atoms with Gasteiger partial charge in [0.25, 0.3) is 0 Å². The summed E-state index contributed by atoms with van der Waals surface area (Å²) < 4.78 is 1.63. The molecule has 0 bridgehead atoms. The second kappa shape index (κ2) is 5.14. The minimum absolute atomic E-state index is 0.0308. The molecule has 0 heterocycles. The minimum Gasteiger partial charge on any atom is -0.506 e. The highest BCUT2D eigenvalue weighted by Gasteiger charge is 2.11. The van der Waals surface area contributed by atoms with E-state index in [2.05, 4.69) is 47.8 Å². The van der Waals surface area contributed by atoms with E-state index in [4.69, 9.17) is 5.11 Å². The topological polar surface area (TPSA) is 57.5 Å². The van der Waals surface area contributed by atoms with E-state index in [1.165, 1.54) is 6.08 Å². The summed E-state index contributed by atoms with van der Waals surface area (Å²) in [6.07, 6.45) is 2.39. The van der Waals surface area contributed by atoms with E-state index in [1.54, 1.807) is 6.07 Å². The Balaban J connectivity index is 3.30. The Hall–Kier alpha value is -0.330. The van der Waals surface area contributed by atoms with Crippen molar-refractivity contribution in [1.29, 1.82) is 0 Å². The third kappa shape index (κ3) is 3.06. The number of halogens is 3. The molecule has 1 aromatic carbocycles. The van der Waals surface area contributed by atoms with E-state index in [9.17, 15) is 9.90 Å². The number of aromatic hydroxyl groups is 1. The highest BCUT2D eigenvalue weighted by atomic mass is 79.9. The molecule has 0 fully saturated rings. The fourth-order valence-electron chi connectivity index (χ4n) is 0.902. The smallest absolute Gasteiger partial charge is 0.328 e. The second-order valence-corrected chi connectivity index (χ2v) is 5.09. The van der Waals surface area contributed by atoms with E-state index in [0.717, 1.165) is 6.08 Å². The molecule has 80 valence electrons. The first-order chi connectivity index (χ1) is 6.93. The summed E-state index contributed by atoms with van der Waals surface area (Å²) in [7, 11) is 0. The van der Waals surface area contributed by atoms with Crippen molar-refractivity contribution in [3.63, 3.8) is 0 Å². The number of phenols is 1. The maximum Gasteiger partial charge on any atom is 0.328 e. The summed E-state index contributed by atoms with van der Waals surface area (Å²) >= 11 is 9.61. The van der Waals surface area contributed by atoms with Crippen LogP contribution in [0.3, 0.4) is 0 Å². The first-order valence-electron chi connectivity index (χ1n) is 3.71. The van der Waals surface area contributed by atoms with Gasteiger partial charge in [0, 0.05) is 16.1 Å². The lowest BCUT2D eigenvalue weighted by atomic mass is 10.2. The van der Waals surface area contributed by atoms with Gasteiger partial charge in [-0.05, 0) is 44.0 Å². The van der Waals surface area contributed by atoms with Crippen LogP contribution >= 0.6 is 47.8 Å². The second-order valence-electron chi connectivity index (χ2n) is 2.59. The highest BCUT2D eigenvalue weighted by molar-refractivity contribution is 9.11. The van der Waals surface area contributed by atoms with Crippen LogP contribution in [0.15, 0.2) is 25.6 Å². The monoisotopic (exact) mass is 398 g/mol. The van der Waals surface area contributed by atoms with Gasteiger partial charge in [-0.2, -0.15) is 0 Å². The molecule has 2 N–H and O–H groups in total. The summed E-state index contributed by atoms with van der Waals surface area (Å²) in [5.41, 5.74) is 0.568. The van der Waals surface area contributed by atoms with Crippen LogP contribution in [0.1, 0.15) is 5.56 Å². The highest BCUT2D eigenvalue weighted by Crippen LogP contribution is 2.39. The molecule has 0 aliphatic rings. The summed E-state index contributed by atoms with van der Waals surface area (Å²) in [6.45, 7) is 0. The molecular weight excluding hydrogens is 396 g/mol. The number of phenolic OH excluding ortho intramolecular Hbond substituents is 1. The normalized spacial score (nSPS) is 10.9. The molecule has 0 aromatic heterocycles. The minimum atomic E-state index is -1.05. The van der Waals surface area contributed by atoms with Crippen molar-refractivity contribution in [2.75, 3.05) is 0 Å². The Morgan fingerprint density at radius 2 is 1.87 bits per heavy atom. The molecule has 0 saturated carbocycles. The van der Waals surface area contributed by atoms with Gasteiger partial charge in [0.05, 0.1) is 8.95 Å². The maximum atomic E-state index is 10.4. The van der Waals surface area contributed by atoms with Crippen molar-refractivity contribution in [2.45, 2.75) is 0 Å². The van der Waals surface area contributed by atoms with Crippen molar-refractivity contribution in [1.82, 2.24) is 0 Å². The van der Waals surface area contributed by atoms with Crippen LogP contribution in [-0.2, 0) is 4.79 Å². The third-order valence-electron chi connectivity index (χ3n) is 1.57. The van der Waals surface area contributed by atoms with Crippen LogP contribution in [-0.4, -0.2) is 16.2 Å². The number of hydrogen-bond donors (Lipinski definition) is 2. The summed E-state index contributed by atoms with van der Waals surface area (Å²) in [5.74, 6) is -1.01. The van der Waals surface area contributed by atoms with Crippen LogP contribution in [0.4, 0.5) is 0 Å². The predicted molar refractivity (Wildman–Crippen MR) is 67.9 cm³/mol. The van der Waals surface area contributed by atoms with E-state index < -0.39 is 5.97 Å². The van der Waals surface area contributed by atoms with Gasteiger partial charge >= 0.3 is 5.97 Å². The largest absolute Gasteiger partial charge is 0.506 e. The number of carboxylic acids is 1. The molecule has 1 rings (SSSR count). The number of carboxylic acid groups (broad SMARTS) is 1. The van der Waals surface area contributed by atoms with Gasteiger partial charge in [0.1, 0.15) is 5.75 Å². The van der Waals surface area contributed by atoms with Crippen molar-refractivity contribution in [3.05, 3.63) is 31.1 Å². The SMILES string of the molecule is O=C(O)C=Cc1c(Br)cc(Br)c(O)c1Br. The Morgan fingerprint density at radius 1 is 1.27 bits per heavy atom. The molecule has 0 aliphatic carbocycles. The molecule has 0 saturated heterocycles. The van der Waals surface area contributed by atoms with Gasteiger partial charge in [-0.1, -0.05) is 15.9 Å². The number of benzene rings is 1. The maximum absolute atomic E-state index is 10.4. The summed E-state index contributed by atoms with van der Waals surface area (Å²) in [4.78, 5) is 10.4. The molecular formula is C9H5Br3O3. The van der Waals surface area contributed by atoms with E-state index in [1.807, 2.05) is 0 Å². The lowest BCUT2D eigenvalue weighted by Crippen LogP contribution is -1.87. The van der Waals surface area contributed by atoms with Crippen molar-refractivity contribution in [3.8, 4) is 5.75 Å². The molecule has 0 spiro atoms. The standard InChI is InChI=1S/C9H5Br3O3/c10-5-3-6(11)9(15)8(12)4(5)1-2-7(13)14/h1-3,15H,(H,13,14). The van der Waals surface area contributed by atoms with Crippen LogP contribution in [0, 0.1) is 0 Å². The van der Waals surface area contributed by atoms with Gasteiger partial charge in [-0.15, -0.1) is 0 Å². The first-order valence-corrected chi connectivity index (χ1v) is 6.09. The Morgan fingerprint density at radius 3 is 2.40 bits per heavy atom. The molecule has 0 atom stereocenters. The number of hydrogen-bond acceptors (Lipinski definition) is 2. The Labute approximate surface area is 111 Å². The van der Waals surface area contributed by atoms with Crippen LogP contribution in [0.25, 0.3) is 6.08 Å². The quantitative estimate of drug-likeness (QED) is 0.743. The van der Waals surface area contributed by atoms with Crippen molar-refractivity contribution in [2.24, 2.45) is 0 Å². The predicted octanol–water partition coefficient (Wildman–Crippen LogP) is 3.78. The van der Waals surface area contributed by atoms with Crippen molar-refractivity contribution < 1.29 is 15.0 Å². The van der Waals surface area contributed by atoms with Crippen LogP contribution in [0.2, 0.25) is 0 Å². The van der Waals surface area contributed by atoms with E-state index in [-0.39, 0.29) is 5.75 Å². The molecule has 6 heteroatoms. The molecule has 15 heavy (non-hydrogen) atoms. The number of carbonyl (C=O) groups is 1. The van der Waals surface area contributed by atoms with Crippen LogP contribution in [0.5, 0.6) is 5.75 Å². The van der Waals surface area contributed by atoms with Gasteiger partial charge < -0.3 is 10.2 Å². The summed E-state index contributed by atoms with van der Waals surface area (Å²) in [5, 5.41) is 18.1. The Bertz CT molecular complexity index is 441. The molecule has 1 aromatic rings. The van der Waals surface area contributed by atoms with Gasteiger partial charge in [-0.25, -0.2) is 4.79 Å². The average molecular weight is 401 g/mol. The van der Waals surface area contributed by atoms with E-state index in [0.29, 0.717) is 19.0 Å². The average Bonchev–Trinajstić information content (AvgIpc) is 2.14. The van der Waals surface area contributed by atoms with Gasteiger partial charge in [0.15, 0.2) is 0 Å². The third-order valence-corrected chi connectivity index (χ3v) is 3.64. The number of rotatable bonds is 2. The molecule has 0 aliphatic heterocycles. The lowest BCUT2D eigenvalue weighted by Gasteiger charge is -2.06. The number of aliphatic carboxylic acids is 1. The molecule has 0 radical (unpaired) electrons. The van der Waals surface area contributed by atoms with Crippen LogP contribution < -0.4 is 0 Å². The van der Waals surface area contributed by atoms with Gasteiger partial charge in [0.2, 0.25) is 0 Å². The lowest BCUT2D eigenvalue weighted by molar-refractivity contribution is -0.131.